The van der Waals surface area contributed by atoms with E-state index in [1.54, 1.807) is 19.1 Å². The minimum Gasteiger partial charge on any atom is -0.484 e. The van der Waals surface area contributed by atoms with Gasteiger partial charge >= 0.3 is 0 Å². The topological polar surface area (TPSA) is 334 Å². The second-order valence-electron chi connectivity index (χ2n) is 10.7. The molecule has 1 rings (SSSR count). The molecule has 0 heterocycles. The number of hydrogen-bond acceptors (Lipinski definition) is 16. The maximum atomic E-state index is 12.7. The van der Waals surface area contributed by atoms with E-state index in [0.717, 1.165) is 0 Å². The molecular weight excluding hydrogens is 680 g/mol. The molecule has 0 aliphatic carbocycles. The highest BCUT2D eigenvalue weighted by Gasteiger charge is 2.17. The Labute approximate surface area is 294 Å². The molecule has 14 N–H and O–H groups in total. The van der Waals surface area contributed by atoms with Gasteiger partial charge in [-0.15, -0.1) is 0 Å². The number of benzene rings is 1. The standard InChI is InChI=1S/C29H50N10O12/c1-19-10-22(50-17-28(44)34-20(13-46-6-2-24(40)36-30)14-47-7-3-25(41)37-31)12-23(11-19)51-18-29(45)35-21(15-48-8-4-26(42)38-32)16-49-9-5-27(43)39-33/h10-12,20-21H,2-9,13-18,30-33H2,1H3,(H,34,44)(H,35,45)(H,36,40)(H,37,41)(H,38,42)(H,39,43). The molecule has 0 saturated carbocycles. The van der Waals surface area contributed by atoms with Crippen LogP contribution in [0.25, 0.3) is 0 Å². The van der Waals surface area contributed by atoms with Gasteiger partial charge in [-0.25, -0.2) is 23.4 Å². The molecular formula is C29H50N10O12. The van der Waals surface area contributed by atoms with Crippen LogP contribution in [0.5, 0.6) is 11.5 Å². The van der Waals surface area contributed by atoms with Crippen molar-refractivity contribution >= 4 is 35.4 Å². The summed E-state index contributed by atoms with van der Waals surface area (Å²) in [6.45, 7) is 1.11. The van der Waals surface area contributed by atoms with Crippen LogP contribution in [0.4, 0.5) is 0 Å². The Hall–Kier alpha value is -4.68. The van der Waals surface area contributed by atoms with E-state index in [1.165, 1.54) is 6.07 Å². The Morgan fingerprint density at radius 3 is 1.08 bits per heavy atom. The zero-order valence-corrected chi connectivity index (χ0v) is 28.5. The lowest BCUT2D eigenvalue weighted by Gasteiger charge is -2.20. The second kappa shape index (κ2) is 27.1. The van der Waals surface area contributed by atoms with Crippen LogP contribution in [-0.4, -0.2) is 114 Å². The van der Waals surface area contributed by atoms with Gasteiger partial charge in [0, 0.05) is 6.07 Å². The van der Waals surface area contributed by atoms with Crippen molar-refractivity contribution in [3.63, 3.8) is 0 Å². The Balaban J connectivity index is 2.69. The molecule has 0 aliphatic heterocycles. The summed E-state index contributed by atoms with van der Waals surface area (Å²) in [4.78, 5) is 70.7. The van der Waals surface area contributed by atoms with Gasteiger partial charge in [0.1, 0.15) is 11.5 Å². The van der Waals surface area contributed by atoms with Gasteiger partial charge in [0.25, 0.3) is 11.8 Å². The first kappa shape index (κ1) is 44.3. The number of aryl methyl sites for hydroxylation is 1. The molecule has 51 heavy (non-hydrogen) atoms. The lowest BCUT2D eigenvalue weighted by molar-refractivity contribution is -0.126. The molecule has 0 atom stereocenters. The Bertz CT molecular complexity index is 1110. The number of amides is 6. The summed E-state index contributed by atoms with van der Waals surface area (Å²) in [5.41, 5.74) is 8.67. The first-order chi connectivity index (χ1) is 24.5. The Morgan fingerprint density at radius 1 is 0.510 bits per heavy atom. The van der Waals surface area contributed by atoms with Crippen molar-refractivity contribution in [3.8, 4) is 11.5 Å². The van der Waals surface area contributed by atoms with Gasteiger partial charge in [-0.3, -0.25) is 50.5 Å². The number of carbonyl (C=O) groups excluding carboxylic acids is 6. The van der Waals surface area contributed by atoms with Crippen molar-refractivity contribution in [2.75, 3.05) is 66.1 Å². The molecule has 0 aliphatic rings. The summed E-state index contributed by atoms with van der Waals surface area (Å²) in [6, 6.07) is 3.53. The van der Waals surface area contributed by atoms with E-state index in [2.05, 4.69) is 10.6 Å². The number of carbonyl (C=O) groups is 6. The monoisotopic (exact) mass is 730 g/mol. The van der Waals surface area contributed by atoms with Crippen molar-refractivity contribution in [1.29, 1.82) is 0 Å². The third-order valence-corrected chi connectivity index (χ3v) is 6.31. The van der Waals surface area contributed by atoms with E-state index >= 15 is 0 Å². The number of ether oxygens (including phenoxy) is 6. The molecule has 0 radical (unpaired) electrons. The molecule has 1 aromatic carbocycles. The minimum atomic E-state index is -0.645. The molecule has 0 saturated heterocycles. The number of nitrogens with two attached hydrogens (primary N) is 4. The molecule has 1 aromatic rings. The van der Waals surface area contributed by atoms with Gasteiger partial charge in [0.2, 0.25) is 23.6 Å². The summed E-state index contributed by atoms with van der Waals surface area (Å²) in [5.74, 6) is 18.1. The van der Waals surface area contributed by atoms with Crippen LogP contribution in [0.3, 0.4) is 0 Å². The number of nitrogens with one attached hydrogen (secondary N) is 6. The lowest BCUT2D eigenvalue weighted by Crippen LogP contribution is -2.44. The zero-order valence-electron chi connectivity index (χ0n) is 28.5. The van der Waals surface area contributed by atoms with Gasteiger partial charge < -0.3 is 39.1 Å². The van der Waals surface area contributed by atoms with Crippen LogP contribution in [0, 0.1) is 6.92 Å². The third kappa shape index (κ3) is 22.6. The third-order valence-electron chi connectivity index (χ3n) is 6.31. The molecule has 22 nitrogen and oxygen atoms in total. The van der Waals surface area contributed by atoms with Gasteiger partial charge in [0.15, 0.2) is 13.2 Å². The highest BCUT2D eigenvalue weighted by atomic mass is 16.5. The zero-order chi connectivity index (χ0) is 37.9. The van der Waals surface area contributed by atoms with Gasteiger partial charge in [-0.05, 0) is 24.6 Å². The summed E-state index contributed by atoms with van der Waals surface area (Å²) >= 11 is 0. The van der Waals surface area contributed by atoms with E-state index in [4.69, 9.17) is 51.8 Å². The molecule has 0 fully saturated rings. The predicted molar refractivity (Wildman–Crippen MR) is 177 cm³/mol. The molecule has 288 valence electrons. The molecule has 0 unspecified atom stereocenters. The van der Waals surface area contributed by atoms with Crippen LogP contribution >= 0.6 is 0 Å². The molecule has 0 bridgehead atoms. The first-order valence-electron chi connectivity index (χ1n) is 15.7. The van der Waals surface area contributed by atoms with Crippen LogP contribution in [0.1, 0.15) is 31.2 Å². The van der Waals surface area contributed by atoms with Crippen molar-refractivity contribution in [3.05, 3.63) is 23.8 Å². The Morgan fingerprint density at radius 2 is 0.804 bits per heavy atom. The maximum absolute atomic E-state index is 12.7. The molecule has 6 amide bonds. The molecule has 22 heteroatoms. The van der Waals surface area contributed by atoms with Gasteiger partial charge in [0.05, 0.1) is 90.6 Å². The van der Waals surface area contributed by atoms with Crippen LogP contribution in [0.2, 0.25) is 0 Å². The fourth-order valence-electron chi connectivity index (χ4n) is 3.83. The fourth-order valence-corrected chi connectivity index (χ4v) is 3.83. The average Bonchev–Trinajstić information content (AvgIpc) is 3.12. The predicted octanol–water partition coefficient (Wildman–Crippen LogP) is -4.69. The molecule has 0 spiro atoms. The first-order valence-corrected chi connectivity index (χ1v) is 15.7. The summed E-state index contributed by atoms with van der Waals surface area (Å²) in [7, 11) is 0. The highest BCUT2D eigenvalue weighted by Crippen LogP contribution is 2.22. The number of hydrogen-bond donors (Lipinski definition) is 10. The van der Waals surface area contributed by atoms with E-state index in [0.29, 0.717) is 5.56 Å². The van der Waals surface area contributed by atoms with Crippen LogP contribution < -0.4 is 65.2 Å². The summed E-state index contributed by atoms with van der Waals surface area (Å²) < 4.78 is 33.1. The second-order valence-corrected chi connectivity index (χ2v) is 10.7. The van der Waals surface area contributed by atoms with E-state index in [-0.39, 0.29) is 90.0 Å². The van der Waals surface area contributed by atoms with Gasteiger partial charge in [-0.1, -0.05) is 0 Å². The maximum Gasteiger partial charge on any atom is 0.258 e. The van der Waals surface area contributed by atoms with Gasteiger partial charge in [-0.2, -0.15) is 0 Å². The summed E-state index contributed by atoms with van der Waals surface area (Å²) in [6.07, 6.45) is 0.0334. The van der Waals surface area contributed by atoms with Crippen LogP contribution in [0.15, 0.2) is 18.2 Å². The number of rotatable bonds is 28. The quantitative estimate of drug-likeness (QED) is 0.0168. The molecule has 0 aromatic heterocycles. The van der Waals surface area contributed by atoms with Crippen molar-refractivity contribution in [2.45, 2.75) is 44.7 Å². The summed E-state index contributed by atoms with van der Waals surface area (Å²) in [5, 5.41) is 5.42. The SMILES string of the molecule is Cc1cc(OCC(=O)NC(COCCC(=O)NN)COCCC(=O)NN)cc(OCC(=O)NC(COCCC(=O)NN)COCCC(=O)NN)c1. The lowest BCUT2D eigenvalue weighted by atomic mass is 10.2. The average molecular weight is 731 g/mol. The minimum absolute atomic E-state index is 0.00678. The number of hydrazine groups is 4. The van der Waals surface area contributed by atoms with E-state index in [9.17, 15) is 28.8 Å². The van der Waals surface area contributed by atoms with Crippen molar-refractivity contribution in [2.24, 2.45) is 23.4 Å². The smallest absolute Gasteiger partial charge is 0.258 e. The van der Waals surface area contributed by atoms with Crippen molar-refractivity contribution in [1.82, 2.24) is 32.3 Å². The largest absolute Gasteiger partial charge is 0.484 e. The van der Waals surface area contributed by atoms with E-state index in [1.807, 2.05) is 21.7 Å². The fraction of sp³-hybridized carbons (Fsp3) is 0.586. The normalized spacial score (nSPS) is 10.7. The highest BCUT2D eigenvalue weighted by molar-refractivity contribution is 5.79. The van der Waals surface area contributed by atoms with E-state index < -0.39 is 60.7 Å². The Kier molecular flexibility index (Phi) is 23.6. The van der Waals surface area contributed by atoms with Crippen molar-refractivity contribution < 1.29 is 57.2 Å². The van der Waals surface area contributed by atoms with Crippen LogP contribution in [-0.2, 0) is 47.7 Å².